The molecule has 2 heterocycles. The van der Waals surface area contributed by atoms with E-state index in [1.165, 1.54) is 0 Å². The highest BCUT2D eigenvalue weighted by molar-refractivity contribution is 5.94. The number of nitrogens with one attached hydrogen (secondary N) is 1. The molecule has 1 aromatic carbocycles. The normalized spacial score (nSPS) is 13.9. The van der Waals surface area contributed by atoms with Crippen molar-refractivity contribution < 1.29 is 14.3 Å². The number of nitrogens with zero attached hydrogens (tertiary/aromatic N) is 3. The molecule has 0 atom stereocenters. The van der Waals surface area contributed by atoms with E-state index in [0.717, 1.165) is 24.3 Å². The summed E-state index contributed by atoms with van der Waals surface area (Å²) in [7, 11) is 0. The van der Waals surface area contributed by atoms with Crippen molar-refractivity contribution in [2.75, 3.05) is 37.7 Å². The van der Waals surface area contributed by atoms with Crippen LogP contribution in [-0.4, -0.2) is 54.5 Å². The molecule has 3 rings (SSSR count). The molecule has 2 aromatic rings. The Morgan fingerprint density at radius 3 is 2.46 bits per heavy atom. The van der Waals surface area contributed by atoms with Crippen LogP contribution in [0, 0.1) is 0 Å². The van der Waals surface area contributed by atoms with Gasteiger partial charge in [0.1, 0.15) is 0 Å². The van der Waals surface area contributed by atoms with Crippen LogP contribution >= 0.6 is 0 Å². The van der Waals surface area contributed by atoms with Crippen LogP contribution in [0.4, 0.5) is 10.5 Å². The van der Waals surface area contributed by atoms with Crippen LogP contribution in [0.25, 0.3) is 0 Å². The Bertz CT molecular complexity index is 815. The maximum Gasteiger partial charge on any atom is 0.317 e. The van der Waals surface area contributed by atoms with Crippen LogP contribution in [-0.2, 0) is 6.54 Å². The topological polar surface area (TPSA) is 74.8 Å². The van der Waals surface area contributed by atoms with Gasteiger partial charge in [-0.3, -0.25) is 4.79 Å². The zero-order valence-electron chi connectivity index (χ0n) is 16.4. The minimum Gasteiger partial charge on any atom is -0.478 e. The summed E-state index contributed by atoms with van der Waals surface area (Å²) in [4.78, 5) is 32.0. The zero-order chi connectivity index (χ0) is 19.9. The van der Waals surface area contributed by atoms with Crippen LogP contribution in [0.1, 0.15) is 29.8 Å². The summed E-state index contributed by atoms with van der Waals surface area (Å²) in [6.45, 7) is 7.30. The summed E-state index contributed by atoms with van der Waals surface area (Å²) < 4.78 is 5.39. The number of amides is 2. The number of hydrogen-bond donors (Lipinski definition) is 1. The van der Waals surface area contributed by atoms with Gasteiger partial charge in [0, 0.05) is 56.2 Å². The highest BCUT2D eigenvalue weighted by Crippen LogP contribution is 2.18. The summed E-state index contributed by atoms with van der Waals surface area (Å²) in [6.07, 6.45) is 1.68. The Hall–Kier alpha value is -3.09. The lowest BCUT2D eigenvalue weighted by Crippen LogP contribution is -2.51. The van der Waals surface area contributed by atoms with E-state index in [-0.39, 0.29) is 11.8 Å². The molecule has 1 aliphatic heterocycles. The number of benzene rings is 1. The van der Waals surface area contributed by atoms with Crippen molar-refractivity contribution in [2.45, 2.75) is 20.4 Å². The summed E-state index contributed by atoms with van der Waals surface area (Å²) >= 11 is 0. The maximum absolute atomic E-state index is 12.5. The molecule has 7 nitrogen and oxygen atoms in total. The van der Waals surface area contributed by atoms with E-state index in [1.54, 1.807) is 13.1 Å². The SMILES string of the molecule is CCOc1cc(CNC(=O)N2CCN(c3ccc(C(C)=O)cc3)CC2)ccn1. The molecule has 0 radical (unpaired) electrons. The number of Topliss-reactive ketones (excluding diaryl/α,β-unsaturated/α-hetero) is 1. The van der Waals surface area contributed by atoms with Gasteiger partial charge in [0.2, 0.25) is 5.88 Å². The van der Waals surface area contributed by atoms with Crippen LogP contribution in [0.15, 0.2) is 42.6 Å². The molecule has 0 unspecified atom stereocenters. The number of hydrogen-bond acceptors (Lipinski definition) is 5. The van der Waals surface area contributed by atoms with Gasteiger partial charge in [-0.05, 0) is 49.7 Å². The second kappa shape index (κ2) is 9.21. The number of carbonyl (C=O) groups is 2. The first-order valence-electron chi connectivity index (χ1n) is 9.53. The third kappa shape index (κ3) is 5.00. The molecule has 0 bridgehead atoms. The summed E-state index contributed by atoms with van der Waals surface area (Å²) in [5.41, 5.74) is 2.74. The van der Waals surface area contributed by atoms with Crippen molar-refractivity contribution in [1.82, 2.24) is 15.2 Å². The minimum absolute atomic E-state index is 0.0654. The van der Waals surface area contributed by atoms with Crippen molar-refractivity contribution in [2.24, 2.45) is 0 Å². The molecule has 7 heteroatoms. The summed E-state index contributed by atoms with van der Waals surface area (Å²) in [5.74, 6) is 0.634. The monoisotopic (exact) mass is 382 g/mol. The lowest BCUT2D eigenvalue weighted by molar-refractivity contribution is 0.101. The number of ether oxygens (including phenoxy) is 1. The average molecular weight is 382 g/mol. The van der Waals surface area contributed by atoms with Crippen LogP contribution in [0.3, 0.4) is 0 Å². The fraction of sp³-hybridized carbons (Fsp3) is 0.381. The lowest BCUT2D eigenvalue weighted by Gasteiger charge is -2.36. The average Bonchev–Trinajstić information content (AvgIpc) is 2.73. The van der Waals surface area contributed by atoms with E-state index in [2.05, 4.69) is 15.2 Å². The second-order valence-electron chi connectivity index (χ2n) is 6.67. The second-order valence-corrected chi connectivity index (χ2v) is 6.67. The molecule has 1 aliphatic rings. The Kier molecular flexibility index (Phi) is 6.47. The fourth-order valence-corrected chi connectivity index (χ4v) is 3.15. The van der Waals surface area contributed by atoms with Gasteiger partial charge in [0.05, 0.1) is 6.61 Å². The zero-order valence-corrected chi connectivity index (χ0v) is 16.4. The van der Waals surface area contributed by atoms with Gasteiger partial charge in [-0.15, -0.1) is 0 Å². The van der Waals surface area contributed by atoms with E-state index in [4.69, 9.17) is 4.74 Å². The van der Waals surface area contributed by atoms with E-state index in [1.807, 2.05) is 48.2 Å². The predicted molar refractivity (Wildman–Crippen MR) is 108 cm³/mol. The van der Waals surface area contributed by atoms with Crippen molar-refractivity contribution in [3.8, 4) is 5.88 Å². The highest BCUT2D eigenvalue weighted by atomic mass is 16.5. The summed E-state index contributed by atoms with van der Waals surface area (Å²) in [6, 6.07) is 11.3. The number of urea groups is 1. The van der Waals surface area contributed by atoms with E-state index in [9.17, 15) is 9.59 Å². The van der Waals surface area contributed by atoms with Crippen LogP contribution < -0.4 is 15.0 Å². The standard InChI is InChI=1S/C21H26N4O3/c1-3-28-20-14-17(8-9-22-20)15-23-21(27)25-12-10-24(11-13-25)19-6-4-18(5-7-19)16(2)26/h4-9,14H,3,10-13,15H2,1-2H3,(H,23,27). The first kappa shape index (κ1) is 19.7. The van der Waals surface area contributed by atoms with Gasteiger partial charge in [-0.25, -0.2) is 9.78 Å². The number of carbonyl (C=O) groups excluding carboxylic acids is 2. The smallest absolute Gasteiger partial charge is 0.317 e. The molecule has 1 N–H and O–H groups in total. The third-order valence-corrected chi connectivity index (χ3v) is 4.74. The Morgan fingerprint density at radius 2 is 1.82 bits per heavy atom. The lowest BCUT2D eigenvalue weighted by atomic mass is 10.1. The molecule has 148 valence electrons. The number of pyridine rings is 1. The van der Waals surface area contributed by atoms with E-state index in [0.29, 0.717) is 37.7 Å². The third-order valence-electron chi connectivity index (χ3n) is 4.74. The van der Waals surface area contributed by atoms with Crippen LogP contribution in [0.2, 0.25) is 0 Å². The predicted octanol–water partition coefficient (Wildman–Crippen LogP) is 2.71. The molecule has 0 spiro atoms. The van der Waals surface area contributed by atoms with Crippen molar-refractivity contribution >= 4 is 17.5 Å². The fourth-order valence-electron chi connectivity index (χ4n) is 3.15. The molecular formula is C21H26N4O3. The Labute approximate surface area is 165 Å². The maximum atomic E-state index is 12.5. The van der Waals surface area contributed by atoms with Gasteiger partial charge in [-0.1, -0.05) is 0 Å². The largest absolute Gasteiger partial charge is 0.478 e. The number of piperazine rings is 1. The van der Waals surface area contributed by atoms with Crippen molar-refractivity contribution in [3.05, 3.63) is 53.7 Å². The van der Waals surface area contributed by atoms with Gasteiger partial charge < -0.3 is 19.9 Å². The minimum atomic E-state index is -0.0682. The van der Waals surface area contributed by atoms with Crippen LogP contribution in [0.5, 0.6) is 5.88 Å². The molecule has 0 aliphatic carbocycles. The van der Waals surface area contributed by atoms with Gasteiger partial charge in [0.15, 0.2) is 5.78 Å². The van der Waals surface area contributed by atoms with E-state index < -0.39 is 0 Å². The molecule has 1 aromatic heterocycles. The molecule has 0 saturated carbocycles. The van der Waals surface area contributed by atoms with Gasteiger partial charge >= 0.3 is 6.03 Å². The molecular weight excluding hydrogens is 356 g/mol. The highest BCUT2D eigenvalue weighted by Gasteiger charge is 2.21. The van der Waals surface area contributed by atoms with Crippen molar-refractivity contribution in [3.63, 3.8) is 0 Å². The Morgan fingerprint density at radius 1 is 1.11 bits per heavy atom. The van der Waals surface area contributed by atoms with Crippen molar-refractivity contribution in [1.29, 1.82) is 0 Å². The molecule has 2 amide bonds. The molecule has 28 heavy (non-hydrogen) atoms. The number of rotatable bonds is 6. The van der Waals surface area contributed by atoms with Gasteiger partial charge in [0.25, 0.3) is 0 Å². The first-order valence-corrected chi connectivity index (χ1v) is 9.53. The quantitative estimate of drug-likeness (QED) is 0.778. The number of aromatic nitrogens is 1. The molecule has 1 saturated heterocycles. The van der Waals surface area contributed by atoms with Gasteiger partial charge in [-0.2, -0.15) is 0 Å². The number of anilines is 1. The summed E-state index contributed by atoms with van der Waals surface area (Å²) in [5, 5.41) is 2.96. The Balaban J connectivity index is 1.48. The number of ketones is 1. The van der Waals surface area contributed by atoms with E-state index >= 15 is 0 Å². The first-order chi connectivity index (χ1) is 13.6. The molecule has 1 fully saturated rings.